The van der Waals surface area contributed by atoms with Crippen LogP contribution in [-0.2, 0) is 4.74 Å². The van der Waals surface area contributed by atoms with Crippen LogP contribution in [0.5, 0.6) is 0 Å². The van der Waals surface area contributed by atoms with Gasteiger partial charge in [-0.15, -0.1) is 0 Å². The van der Waals surface area contributed by atoms with E-state index in [2.05, 4.69) is 13.8 Å². The molecule has 66 valence electrons. The van der Waals surface area contributed by atoms with E-state index >= 15 is 0 Å². The Hall–Kier alpha value is -0.0800. The summed E-state index contributed by atoms with van der Waals surface area (Å²) in [4.78, 5) is 0. The minimum atomic E-state index is -0.511. The predicted octanol–water partition coefficient (Wildman–Crippen LogP) is 2.06. The van der Waals surface area contributed by atoms with Gasteiger partial charge in [-0.2, -0.15) is 0 Å². The molecule has 1 fully saturated rings. The van der Waals surface area contributed by atoms with Crippen LogP contribution in [0.25, 0.3) is 0 Å². The van der Waals surface area contributed by atoms with Crippen LogP contribution in [0.2, 0.25) is 0 Å². The number of rotatable bonds is 2. The molecule has 1 saturated heterocycles. The van der Waals surface area contributed by atoms with Crippen LogP contribution in [0.3, 0.4) is 0 Å². The molecule has 0 aromatic carbocycles. The van der Waals surface area contributed by atoms with Gasteiger partial charge in [0, 0.05) is 0 Å². The summed E-state index contributed by atoms with van der Waals surface area (Å²) in [7, 11) is 0. The summed E-state index contributed by atoms with van der Waals surface area (Å²) < 4.78 is 5.53. The first-order chi connectivity index (χ1) is 5.22. The summed E-state index contributed by atoms with van der Waals surface area (Å²) in [6, 6.07) is 0. The molecule has 2 heteroatoms. The first-order valence-electron chi connectivity index (χ1n) is 4.58. The second-order valence-corrected chi connectivity index (χ2v) is 3.35. The standard InChI is InChI=1S/C9H18O2/c1-3-9(4-2)7-5-6-8(10)11-9/h8,10H,3-7H2,1-2H3. The van der Waals surface area contributed by atoms with Gasteiger partial charge in [0.1, 0.15) is 0 Å². The Morgan fingerprint density at radius 3 is 2.45 bits per heavy atom. The maximum Gasteiger partial charge on any atom is 0.155 e. The molecule has 0 aliphatic carbocycles. The molecule has 2 nitrogen and oxygen atoms in total. The lowest BCUT2D eigenvalue weighted by molar-refractivity contribution is -0.215. The van der Waals surface area contributed by atoms with Crippen molar-refractivity contribution in [3.8, 4) is 0 Å². The SMILES string of the molecule is CCC1(CC)CCCC(O)O1. The summed E-state index contributed by atoms with van der Waals surface area (Å²) >= 11 is 0. The number of aliphatic hydroxyl groups is 1. The molecular weight excluding hydrogens is 140 g/mol. The average molecular weight is 158 g/mol. The third kappa shape index (κ3) is 1.94. The Morgan fingerprint density at radius 1 is 1.45 bits per heavy atom. The molecule has 1 N–H and O–H groups in total. The van der Waals surface area contributed by atoms with Gasteiger partial charge in [-0.3, -0.25) is 0 Å². The summed E-state index contributed by atoms with van der Waals surface area (Å²) in [5, 5.41) is 9.28. The van der Waals surface area contributed by atoms with E-state index in [-0.39, 0.29) is 5.60 Å². The molecule has 0 radical (unpaired) electrons. The molecule has 0 bridgehead atoms. The predicted molar refractivity (Wildman–Crippen MR) is 44.3 cm³/mol. The zero-order valence-electron chi connectivity index (χ0n) is 7.47. The summed E-state index contributed by atoms with van der Waals surface area (Å²) in [6.07, 6.45) is 4.53. The highest BCUT2D eigenvalue weighted by Crippen LogP contribution is 2.33. The van der Waals surface area contributed by atoms with Crippen molar-refractivity contribution in [2.75, 3.05) is 0 Å². The van der Waals surface area contributed by atoms with E-state index in [0.29, 0.717) is 0 Å². The van der Waals surface area contributed by atoms with Crippen molar-refractivity contribution >= 4 is 0 Å². The molecule has 1 aliphatic heterocycles. The second-order valence-electron chi connectivity index (χ2n) is 3.35. The first-order valence-corrected chi connectivity index (χ1v) is 4.58. The van der Waals surface area contributed by atoms with Gasteiger partial charge in [0.2, 0.25) is 0 Å². The van der Waals surface area contributed by atoms with Gasteiger partial charge in [0.05, 0.1) is 5.60 Å². The van der Waals surface area contributed by atoms with Gasteiger partial charge < -0.3 is 9.84 Å². The molecule has 0 spiro atoms. The van der Waals surface area contributed by atoms with Gasteiger partial charge in [0.25, 0.3) is 0 Å². The third-order valence-electron chi connectivity index (χ3n) is 2.76. The molecule has 1 aliphatic rings. The lowest BCUT2D eigenvalue weighted by Crippen LogP contribution is -2.39. The highest BCUT2D eigenvalue weighted by atomic mass is 16.6. The van der Waals surface area contributed by atoms with E-state index in [1.807, 2.05) is 0 Å². The van der Waals surface area contributed by atoms with Crippen LogP contribution >= 0.6 is 0 Å². The number of ether oxygens (including phenoxy) is 1. The highest BCUT2D eigenvalue weighted by Gasteiger charge is 2.32. The van der Waals surface area contributed by atoms with Crippen molar-refractivity contribution in [2.24, 2.45) is 0 Å². The lowest BCUT2D eigenvalue weighted by atomic mass is 9.88. The van der Waals surface area contributed by atoms with Crippen molar-refractivity contribution in [1.29, 1.82) is 0 Å². The van der Waals surface area contributed by atoms with Gasteiger partial charge in [-0.25, -0.2) is 0 Å². The monoisotopic (exact) mass is 158 g/mol. The molecule has 0 aromatic heterocycles. The fraction of sp³-hybridized carbons (Fsp3) is 1.00. The fourth-order valence-electron chi connectivity index (χ4n) is 1.78. The molecule has 1 heterocycles. The van der Waals surface area contributed by atoms with Crippen molar-refractivity contribution in [1.82, 2.24) is 0 Å². The van der Waals surface area contributed by atoms with Gasteiger partial charge in [-0.1, -0.05) is 13.8 Å². The molecule has 1 rings (SSSR count). The Balaban J connectivity index is 2.52. The molecule has 1 unspecified atom stereocenters. The van der Waals surface area contributed by atoms with E-state index in [1.165, 1.54) is 0 Å². The summed E-state index contributed by atoms with van der Waals surface area (Å²) in [6.45, 7) is 4.25. The van der Waals surface area contributed by atoms with Crippen LogP contribution in [0.1, 0.15) is 46.0 Å². The zero-order valence-corrected chi connectivity index (χ0v) is 7.47. The number of hydrogen-bond acceptors (Lipinski definition) is 2. The lowest BCUT2D eigenvalue weighted by Gasteiger charge is -2.38. The molecule has 0 amide bonds. The highest BCUT2D eigenvalue weighted by molar-refractivity contribution is 4.81. The quantitative estimate of drug-likeness (QED) is 0.666. The molecule has 11 heavy (non-hydrogen) atoms. The molecule has 0 saturated carbocycles. The Kier molecular flexibility index (Phi) is 2.90. The van der Waals surface area contributed by atoms with Gasteiger partial charge >= 0.3 is 0 Å². The third-order valence-corrected chi connectivity index (χ3v) is 2.76. The minimum Gasteiger partial charge on any atom is -0.368 e. The van der Waals surface area contributed by atoms with Crippen LogP contribution < -0.4 is 0 Å². The van der Waals surface area contributed by atoms with Crippen LogP contribution in [0, 0.1) is 0 Å². The first kappa shape index (κ1) is 9.01. The largest absolute Gasteiger partial charge is 0.368 e. The van der Waals surface area contributed by atoms with Gasteiger partial charge in [0.15, 0.2) is 6.29 Å². The number of aliphatic hydroxyl groups excluding tert-OH is 1. The van der Waals surface area contributed by atoms with E-state index in [9.17, 15) is 5.11 Å². The second kappa shape index (κ2) is 3.55. The Labute approximate surface area is 68.6 Å². The average Bonchev–Trinajstić information content (AvgIpc) is 2.04. The van der Waals surface area contributed by atoms with E-state index in [0.717, 1.165) is 32.1 Å². The Bertz CT molecular complexity index is 119. The maximum atomic E-state index is 9.28. The van der Waals surface area contributed by atoms with Crippen molar-refractivity contribution in [2.45, 2.75) is 57.8 Å². The minimum absolute atomic E-state index is 0.0162. The normalized spacial score (nSPS) is 30.3. The molecular formula is C9H18O2. The fourth-order valence-corrected chi connectivity index (χ4v) is 1.78. The van der Waals surface area contributed by atoms with E-state index < -0.39 is 6.29 Å². The smallest absolute Gasteiger partial charge is 0.155 e. The van der Waals surface area contributed by atoms with Crippen LogP contribution in [0.4, 0.5) is 0 Å². The topological polar surface area (TPSA) is 29.5 Å². The zero-order chi connectivity index (χ0) is 8.32. The van der Waals surface area contributed by atoms with Gasteiger partial charge in [-0.05, 0) is 32.1 Å². The van der Waals surface area contributed by atoms with Crippen molar-refractivity contribution < 1.29 is 9.84 Å². The van der Waals surface area contributed by atoms with Crippen LogP contribution in [-0.4, -0.2) is 17.0 Å². The maximum absolute atomic E-state index is 9.28. The van der Waals surface area contributed by atoms with Crippen molar-refractivity contribution in [3.63, 3.8) is 0 Å². The van der Waals surface area contributed by atoms with E-state index in [1.54, 1.807) is 0 Å². The van der Waals surface area contributed by atoms with Crippen LogP contribution in [0.15, 0.2) is 0 Å². The summed E-state index contributed by atoms with van der Waals surface area (Å²) in [5.41, 5.74) is -0.0162. The molecule has 0 aromatic rings. The Morgan fingerprint density at radius 2 is 2.09 bits per heavy atom. The molecule has 1 atom stereocenters. The summed E-state index contributed by atoms with van der Waals surface area (Å²) in [5.74, 6) is 0. The number of hydrogen-bond donors (Lipinski definition) is 1. The van der Waals surface area contributed by atoms with E-state index in [4.69, 9.17) is 4.74 Å². The van der Waals surface area contributed by atoms with Crippen molar-refractivity contribution in [3.05, 3.63) is 0 Å².